The molecule has 2 amide bonds. The molecule has 1 aromatic rings. The zero-order valence-electron chi connectivity index (χ0n) is 14.0. The van der Waals surface area contributed by atoms with Gasteiger partial charge < -0.3 is 19.9 Å². The Morgan fingerprint density at radius 2 is 2.38 bits per heavy atom. The monoisotopic (exact) mass is 332 g/mol. The van der Waals surface area contributed by atoms with Crippen LogP contribution in [0.4, 0.5) is 0 Å². The van der Waals surface area contributed by atoms with Gasteiger partial charge in [0.25, 0.3) is 0 Å². The molecule has 2 saturated heterocycles. The maximum atomic E-state index is 13.0. The van der Waals surface area contributed by atoms with Crippen LogP contribution in [0.15, 0.2) is 24.5 Å². The third-order valence-electron chi connectivity index (χ3n) is 4.72. The van der Waals surface area contributed by atoms with Crippen molar-refractivity contribution in [3.63, 3.8) is 0 Å². The Balaban J connectivity index is 1.70. The van der Waals surface area contributed by atoms with Gasteiger partial charge in [-0.1, -0.05) is 6.07 Å². The minimum atomic E-state index is -0.258. The number of nitrogens with zero attached hydrogens (tertiary/aromatic N) is 3. The number of hydrogen-bond acceptors (Lipinski definition) is 5. The zero-order valence-corrected chi connectivity index (χ0v) is 14.0. The first kappa shape index (κ1) is 16.9. The van der Waals surface area contributed by atoms with Gasteiger partial charge >= 0.3 is 0 Å². The van der Waals surface area contributed by atoms with Gasteiger partial charge in [-0.3, -0.25) is 14.6 Å². The summed E-state index contributed by atoms with van der Waals surface area (Å²) >= 11 is 0. The van der Waals surface area contributed by atoms with Crippen molar-refractivity contribution in [1.82, 2.24) is 20.1 Å². The standard InChI is InChI=1S/C17H24N4O3/c1-24-8-7-20-12-14(9-16(20)22)17(23)21-6-5-19-11-15(21)13-3-2-4-18-10-13/h2-4,10,14-15,19H,5-9,11-12H2,1H3. The number of methoxy groups -OCH3 is 1. The quantitative estimate of drug-likeness (QED) is 0.825. The topological polar surface area (TPSA) is 74.8 Å². The van der Waals surface area contributed by atoms with Crippen LogP contribution < -0.4 is 5.32 Å². The molecule has 7 heteroatoms. The third-order valence-corrected chi connectivity index (χ3v) is 4.72. The maximum absolute atomic E-state index is 13.0. The zero-order chi connectivity index (χ0) is 16.9. The van der Waals surface area contributed by atoms with Crippen molar-refractivity contribution in [1.29, 1.82) is 0 Å². The molecular formula is C17H24N4O3. The van der Waals surface area contributed by atoms with Gasteiger partial charge in [-0.15, -0.1) is 0 Å². The first-order valence-corrected chi connectivity index (χ1v) is 8.38. The molecule has 2 fully saturated rings. The molecular weight excluding hydrogens is 308 g/mol. The molecule has 2 aliphatic heterocycles. The lowest BCUT2D eigenvalue weighted by molar-refractivity contribution is -0.139. The van der Waals surface area contributed by atoms with Crippen LogP contribution in [0.2, 0.25) is 0 Å². The lowest BCUT2D eigenvalue weighted by Gasteiger charge is -2.37. The minimum Gasteiger partial charge on any atom is -0.383 e. The highest BCUT2D eigenvalue weighted by Crippen LogP contribution is 2.27. The molecule has 0 bridgehead atoms. The van der Waals surface area contributed by atoms with Gasteiger partial charge in [0.1, 0.15) is 0 Å². The number of rotatable bonds is 5. The first-order chi connectivity index (χ1) is 11.7. The van der Waals surface area contributed by atoms with E-state index in [0.717, 1.165) is 12.1 Å². The van der Waals surface area contributed by atoms with Gasteiger partial charge in [0, 0.05) is 58.6 Å². The van der Waals surface area contributed by atoms with Gasteiger partial charge in [-0.2, -0.15) is 0 Å². The van der Waals surface area contributed by atoms with Crippen LogP contribution in [0.3, 0.4) is 0 Å². The van der Waals surface area contributed by atoms with E-state index >= 15 is 0 Å². The number of nitrogens with one attached hydrogen (secondary N) is 1. The lowest BCUT2D eigenvalue weighted by atomic mass is 10.0. The normalized spacial score (nSPS) is 24.5. The van der Waals surface area contributed by atoms with Crippen LogP contribution in [-0.2, 0) is 14.3 Å². The summed E-state index contributed by atoms with van der Waals surface area (Å²) in [6.45, 7) is 3.68. The van der Waals surface area contributed by atoms with Gasteiger partial charge in [0.2, 0.25) is 11.8 Å². The number of likely N-dealkylation sites (tertiary alicyclic amines) is 1. The Hall–Kier alpha value is -1.99. The second-order valence-electron chi connectivity index (χ2n) is 6.27. The second-order valence-corrected chi connectivity index (χ2v) is 6.27. The Morgan fingerprint density at radius 1 is 1.50 bits per heavy atom. The van der Waals surface area contributed by atoms with E-state index in [1.165, 1.54) is 0 Å². The third kappa shape index (κ3) is 3.57. The van der Waals surface area contributed by atoms with E-state index in [1.807, 2.05) is 23.2 Å². The molecule has 1 aromatic heterocycles. The number of piperazine rings is 1. The molecule has 0 aliphatic carbocycles. The Morgan fingerprint density at radius 3 is 3.12 bits per heavy atom. The Labute approximate surface area is 142 Å². The van der Waals surface area contributed by atoms with Crippen molar-refractivity contribution < 1.29 is 14.3 Å². The van der Waals surface area contributed by atoms with E-state index in [-0.39, 0.29) is 23.8 Å². The molecule has 2 atom stereocenters. The van der Waals surface area contributed by atoms with Crippen molar-refractivity contribution in [3.05, 3.63) is 30.1 Å². The first-order valence-electron chi connectivity index (χ1n) is 8.38. The van der Waals surface area contributed by atoms with E-state index in [9.17, 15) is 9.59 Å². The van der Waals surface area contributed by atoms with Crippen LogP contribution in [0.5, 0.6) is 0 Å². The lowest BCUT2D eigenvalue weighted by Crippen LogP contribution is -2.50. The predicted molar refractivity (Wildman–Crippen MR) is 88.1 cm³/mol. The highest BCUT2D eigenvalue weighted by molar-refractivity contribution is 5.89. The molecule has 130 valence electrons. The smallest absolute Gasteiger partial charge is 0.228 e. The predicted octanol–water partition coefficient (Wildman–Crippen LogP) is 0.0494. The fourth-order valence-electron chi connectivity index (χ4n) is 3.43. The highest BCUT2D eigenvalue weighted by Gasteiger charge is 2.39. The van der Waals surface area contributed by atoms with Crippen molar-refractivity contribution in [2.45, 2.75) is 12.5 Å². The van der Waals surface area contributed by atoms with E-state index in [4.69, 9.17) is 4.74 Å². The summed E-state index contributed by atoms with van der Waals surface area (Å²) in [5.74, 6) is -0.149. The van der Waals surface area contributed by atoms with Gasteiger partial charge in [0.15, 0.2) is 0 Å². The summed E-state index contributed by atoms with van der Waals surface area (Å²) in [6, 6.07) is 3.86. The molecule has 0 radical (unpaired) electrons. The van der Waals surface area contributed by atoms with Crippen LogP contribution in [0.25, 0.3) is 0 Å². The van der Waals surface area contributed by atoms with Crippen LogP contribution in [0.1, 0.15) is 18.0 Å². The number of carbonyl (C=O) groups is 2. The van der Waals surface area contributed by atoms with E-state index in [1.54, 1.807) is 18.2 Å². The Bertz CT molecular complexity index is 580. The summed E-state index contributed by atoms with van der Waals surface area (Å²) in [4.78, 5) is 32.9. The van der Waals surface area contributed by atoms with Crippen molar-refractivity contribution >= 4 is 11.8 Å². The van der Waals surface area contributed by atoms with Crippen LogP contribution >= 0.6 is 0 Å². The van der Waals surface area contributed by atoms with Crippen molar-refractivity contribution in [2.24, 2.45) is 5.92 Å². The largest absolute Gasteiger partial charge is 0.383 e. The minimum absolute atomic E-state index is 0.0249. The summed E-state index contributed by atoms with van der Waals surface area (Å²) in [7, 11) is 1.61. The average Bonchev–Trinajstić information content (AvgIpc) is 3.01. The number of ether oxygens (including phenoxy) is 1. The van der Waals surface area contributed by atoms with Crippen LogP contribution in [0, 0.1) is 5.92 Å². The van der Waals surface area contributed by atoms with E-state index in [2.05, 4.69) is 10.3 Å². The summed E-state index contributed by atoms with van der Waals surface area (Å²) < 4.78 is 5.03. The van der Waals surface area contributed by atoms with Gasteiger partial charge in [0.05, 0.1) is 18.6 Å². The molecule has 3 heterocycles. The molecule has 1 N–H and O–H groups in total. The molecule has 24 heavy (non-hydrogen) atoms. The molecule has 3 rings (SSSR count). The summed E-state index contributed by atoms with van der Waals surface area (Å²) in [5, 5.41) is 3.34. The number of pyridine rings is 1. The molecule has 7 nitrogen and oxygen atoms in total. The number of aromatic nitrogens is 1. The number of amides is 2. The van der Waals surface area contributed by atoms with Crippen molar-refractivity contribution in [3.8, 4) is 0 Å². The fraction of sp³-hybridized carbons (Fsp3) is 0.588. The maximum Gasteiger partial charge on any atom is 0.228 e. The van der Waals surface area contributed by atoms with Gasteiger partial charge in [-0.05, 0) is 11.6 Å². The fourth-order valence-corrected chi connectivity index (χ4v) is 3.43. The van der Waals surface area contributed by atoms with Gasteiger partial charge in [-0.25, -0.2) is 0 Å². The summed E-state index contributed by atoms with van der Waals surface area (Å²) in [5.41, 5.74) is 1.03. The molecule has 2 aliphatic rings. The van der Waals surface area contributed by atoms with Crippen molar-refractivity contribution in [2.75, 3.05) is 46.4 Å². The van der Waals surface area contributed by atoms with E-state index < -0.39 is 0 Å². The SMILES string of the molecule is COCCN1CC(C(=O)N2CCNCC2c2cccnc2)CC1=O. The number of hydrogen-bond donors (Lipinski definition) is 1. The highest BCUT2D eigenvalue weighted by atomic mass is 16.5. The van der Waals surface area contributed by atoms with Crippen LogP contribution in [-0.4, -0.2) is 73.0 Å². The molecule has 0 saturated carbocycles. The van der Waals surface area contributed by atoms with E-state index in [0.29, 0.717) is 39.2 Å². The number of carbonyl (C=O) groups excluding carboxylic acids is 2. The molecule has 0 aromatic carbocycles. The average molecular weight is 332 g/mol. The second kappa shape index (κ2) is 7.72. The molecule has 0 spiro atoms. The Kier molecular flexibility index (Phi) is 5.42. The molecule has 2 unspecified atom stereocenters. The summed E-state index contributed by atoms with van der Waals surface area (Å²) in [6.07, 6.45) is 3.84.